The minimum atomic E-state index is -2.40. The van der Waals surface area contributed by atoms with Gasteiger partial charge in [0.2, 0.25) is 0 Å². The molecule has 0 spiro atoms. The van der Waals surface area contributed by atoms with Gasteiger partial charge in [-0.05, 0) is 86.9 Å². The molecule has 3 N–H and O–H groups in total. The summed E-state index contributed by atoms with van der Waals surface area (Å²) in [5, 5.41) is 7.98. The van der Waals surface area contributed by atoms with E-state index in [9.17, 15) is 19.2 Å². The van der Waals surface area contributed by atoms with Crippen LogP contribution in [0.5, 0.6) is 0 Å². The highest BCUT2D eigenvalue weighted by Gasteiger charge is 2.69. The van der Waals surface area contributed by atoms with Crippen LogP contribution in [0.2, 0.25) is 18.1 Å². The summed E-state index contributed by atoms with van der Waals surface area (Å²) in [4.78, 5) is 51.8. The normalized spacial score (nSPS) is 24.1. The minimum absolute atomic E-state index is 0.0502. The number of hydrogen-bond donors (Lipinski definition) is 3. The van der Waals surface area contributed by atoms with Crippen LogP contribution in [0.25, 0.3) is 0 Å². The lowest BCUT2D eigenvalue weighted by molar-refractivity contribution is -0.129. The van der Waals surface area contributed by atoms with E-state index in [0.29, 0.717) is 6.29 Å². The van der Waals surface area contributed by atoms with Gasteiger partial charge in [-0.3, -0.25) is 0 Å². The van der Waals surface area contributed by atoms with Crippen LogP contribution >= 0.6 is 0 Å². The summed E-state index contributed by atoms with van der Waals surface area (Å²) in [7, 11) is -2.40. The number of rotatable bonds is 7. The Kier molecular flexibility index (Phi) is 10.0. The molecule has 1 aliphatic carbocycles. The molecule has 39 heavy (non-hydrogen) atoms. The molecular weight excluding hydrogens is 522 g/mol. The molecule has 0 aromatic carbocycles. The fourth-order valence-corrected chi connectivity index (χ4v) is 4.83. The van der Waals surface area contributed by atoms with Gasteiger partial charge in [0.15, 0.2) is 8.32 Å². The Hall–Kier alpha value is -2.34. The van der Waals surface area contributed by atoms with Gasteiger partial charge in [0.1, 0.15) is 28.6 Å². The van der Waals surface area contributed by atoms with Gasteiger partial charge in [-0.25, -0.2) is 14.4 Å². The summed E-state index contributed by atoms with van der Waals surface area (Å²) in [6.07, 6.45) is -1.91. The maximum Gasteiger partial charge on any atom is 0.408 e. The molecule has 0 saturated heterocycles. The van der Waals surface area contributed by atoms with E-state index in [-0.39, 0.29) is 18.1 Å². The van der Waals surface area contributed by atoms with Crippen molar-refractivity contribution >= 4 is 32.9 Å². The summed E-state index contributed by atoms with van der Waals surface area (Å²) in [6.45, 7) is 25.5. The van der Waals surface area contributed by atoms with Gasteiger partial charge in [0, 0.05) is 0 Å². The standard InChI is InChI=1S/C27H51N3O8Si/c1-22(2,3)36-19(32)28-18-15-26(29-20(33)37-23(4,5)6,17-35-39(13,14)25(10,11)12)27(18,16-31)30-21(34)38-24(7,8)9/h16,18H,15,17H2,1-14H3,(H,28,32)(H,29,33)(H,30,34). The Morgan fingerprint density at radius 3 is 1.56 bits per heavy atom. The smallest absolute Gasteiger partial charge is 0.408 e. The molecule has 0 bridgehead atoms. The van der Waals surface area contributed by atoms with Crippen LogP contribution in [0.3, 0.4) is 0 Å². The second kappa shape index (κ2) is 11.3. The average molecular weight is 574 g/mol. The summed E-state index contributed by atoms with van der Waals surface area (Å²) in [5.41, 5.74) is -5.81. The molecule has 3 amide bonds. The maximum absolute atomic E-state index is 13.1. The van der Waals surface area contributed by atoms with Crippen LogP contribution in [0.15, 0.2) is 0 Å². The second-order valence-electron chi connectivity index (χ2n) is 14.8. The number of carbonyl (C=O) groups excluding carboxylic acids is 4. The number of alkyl carbamates (subject to hydrolysis) is 3. The first-order valence-corrected chi connectivity index (χ1v) is 16.2. The van der Waals surface area contributed by atoms with Crippen molar-refractivity contribution in [3.05, 3.63) is 0 Å². The van der Waals surface area contributed by atoms with E-state index in [2.05, 4.69) is 36.7 Å². The van der Waals surface area contributed by atoms with Crippen LogP contribution in [-0.4, -0.2) is 73.4 Å². The third-order valence-electron chi connectivity index (χ3n) is 6.70. The van der Waals surface area contributed by atoms with Gasteiger partial charge < -0.3 is 39.4 Å². The molecule has 11 nitrogen and oxygen atoms in total. The third kappa shape index (κ3) is 9.37. The fraction of sp³-hybridized carbons (Fsp3) is 0.852. The Labute approximate surface area is 234 Å². The predicted octanol–water partition coefficient (Wildman–Crippen LogP) is 5.03. The van der Waals surface area contributed by atoms with Gasteiger partial charge in [-0.15, -0.1) is 0 Å². The van der Waals surface area contributed by atoms with Crippen LogP contribution in [0.4, 0.5) is 14.4 Å². The molecule has 12 heteroatoms. The highest BCUT2D eigenvalue weighted by molar-refractivity contribution is 6.74. The van der Waals surface area contributed by atoms with Crippen molar-refractivity contribution in [3.63, 3.8) is 0 Å². The van der Waals surface area contributed by atoms with Crippen LogP contribution in [0.1, 0.15) is 89.5 Å². The molecule has 0 aromatic rings. The molecule has 1 aliphatic rings. The predicted molar refractivity (Wildman–Crippen MR) is 151 cm³/mol. The number of hydrogen-bond acceptors (Lipinski definition) is 8. The van der Waals surface area contributed by atoms with Gasteiger partial charge in [0.05, 0.1) is 18.2 Å². The topological polar surface area (TPSA) is 141 Å². The zero-order valence-corrected chi connectivity index (χ0v) is 27.3. The molecule has 1 fully saturated rings. The fourth-order valence-electron chi connectivity index (χ4n) is 3.79. The van der Waals surface area contributed by atoms with Gasteiger partial charge in [-0.2, -0.15) is 0 Å². The van der Waals surface area contributed by atoms with Gasteiger partial charge >= 0.3 is 18.3 Å². The van der Waals surface area contributed by atoms with E-state index < -0.39 is 60.5 Å². The van der Waals surface area contributed by atoms with Crippen molar-refractivity contribution in [1.29, 1.82) is 0 Å². The average Bonchev–Trinajstić information content (AvgIpc) is 2.64. The summed E-state index contributed by atoms with van der Waals surface area (Å²) < 4.78 is 22.8. The minimum Gasteiger partial charge on any atom is -0.444 e. The zero-order valence-electron chi connectivity index (χ0n) is 26.3. The molecule has 0 aromatic heterocycles. The molecule has 1 saturated carbocycles. The highest BCUT2D eigenvalue weighted by Crippen LogP contribution is 2.45. The SMILES string of the molecule is CC(C)(C)OC(=O)NC1CC(CO[Si](C)(C)C(C)(C)C)(NC(=O)OC(C)(C)C)C1(C=O)NC(=O)OC(C)(C)C. The number of amides is 3. The van der Waals surface area contributed by atoms with Gasteiger partial charge in [0.25, 0.3) is 0 Å². The summed E-state index contributed by atoms with van der Waals surface area (Å²) in [5.74, 6) is 0. The zero-order chi connectivity index (χ0) is 30.9. The molecular formula is C27H51N3O8Si. The molecule has 3 unspecified atom stereocenters. The lowest BCUT2D eigenvalue weighted by atomic mass is 9.57. The summed E-state index contributed by atoms with van der Waals surface area (Å²) >= 11 is 0. The third-order valence-corrected chi connectivity index (χ3v) is 11.2. The molecule has 1 rings (SSSR count). The van der Waals surface area contributed by atoms with Crippen LogP contribution in [-0.2, 0) is 23.4 Å². The Bertz CT molecular complexity index is 927. The maximum atomic E-state index is 13.1. The lowest BCUT2D eigenvalue weighted by Crippen LogP contribution is -2.89. The Balaban J connectivity index is 3.60. The highest BCUT2D eigenvalue weighted by atomic mass is 28.4. The first kappa shape index (κ1) is 34.7. The quantitative estimate of drug-likeness (QED) is 0.219. The van der Waals surface area contributed by atoms with Crippen LogP contribution < -0.4 is 16.0 Å². The van der Waals surface area contributed by atoms with E-state index in [4.69, 9.17) is 18.6 Å². The van der Waals surface area contributed by atoms with E-state index >= 15 is 0 Å². The Morgan fingerprint density at radius 1 is 0.769 bits per heavy atom. The first-order valence-electron chi connectivity index (χ1n) is 13.3. The number of ether oxygens (including phenoxy) is 3. The Morgan fingerprint density at radius 2 is 1.18 bits per heavy atom. The van der Waals surface area contributed by atoms with Crippen molar-refractivity contribution in [2.45, 2.75) is 142 Å². The van der Waals surface area contributed by atoms with Crippen molar-refractivity contribution in [2.24, 2.45) is 0 Å². The molecule has 0 radical (unpaired) electrons. The van der Waals surface area contributed by atoms with Crippen molar-refractivity contribution in [2.75, 3.05) is 6.61 Å². The van der Waals surface area contributed by atoms with E-state index in [0.717, 1.165) is 0 Å². The molecule has 0 heterocycles. The van der Waals surface area contributed by atoms with Crippen molar-refractivity contribution in [1.82, 2.24) is 16.0 Å². The van der Waals surface area contributed by atoms with E-state index in [1.54, 1.807) is 62.3 Å². The molecule has 3 atom stereocenters. The van der Waals surface area contributed by atoms with Crippen LogP contribution in [0, 0.1) is 0 Å². The number of carbonyl (C=O) groups is 4. The summed E-state index contributed by atoms with van der Waals surface area (Å²) in [6, 6.07) is -0.949. The van der Waals surface area contributed by atoms with Crippen molar-refractivity contribution in [3.8, 4) is 0 Å². The second-order valence-corrected chi connectivity index (χ2v) is 19.6. The number of nitrogens with one attached hydrogen (secondary N) is 3. The first-order chi connectivity index (χ1) is 17.2. The van der Waals surface area contributed by atoms with Gasteiger partial charge in [-0.1, -0.05) is 20.8 Å². The monoisotopic (exact) mass is 573 g/mol. The molecule has 226 valence electrons. The van der Waals surface area contributed by atoms with E-state index in [1.807, 2.05) is 13.1 Å². The largest absolute Gasteiger partial charge is 0.444 e. The lowest BCUT2D eigenvalue weighted by Gasteiger charge is -2.61. The number of aldehydes is 1. The molecule has 0 aliphatic heterocycles. The van der Waals surface area contributed by atoms with Crippen molar-refractivity contribution < 1.29 is 37.8 Å². The van der Waals surface area contributed by atoms with E-state index in [1.165, 1.54) is 0 Å².